The molecule has 0 atom stereocenters. The van der Waals surface area contributed by atoms with Crippen LogP contribution in [0.4, 0.5) is 23.3 Å². The van der Waals surface area contributed by atoms with E-state index >= 15 is 0 Å². The van der Waals surface area contributed by atoms with Crippen molar-refractivity contribution >= 4 is 55.7 Å². The monoisotopic (exact) mass is 588 g/mol. The summed E-state index contributed by atoms with van der Waals surface area (Å²) in [5, 5.41) is 5.54. The molecule has 208 valence electrons. The largest absolute Gasteiger partial charge is 0.467 e. The van der Waals surface area contributed by atoms with Gasteiger partial charge in [0, 0.05) is 11.4 Å². The first-order valence-corrected chi connectivity index (χ1v) is 13.8. The van der Waals surface area contributed by atoms with Crippen molar-refractivity contribution in [3.05, 3.63) is 60.2 Å². The first-order valence-electron chi connectivity index (χ1n) is 10.9. The van der Waals surface area contributed by atoms with E-state index in [9.17, 15) is 25.9 Å². The lowest BCUT2D eigenvalue weighted by molar-refractivity contribution is 0.378. The van der Waals surface area contributed by atoms with Crippen molar-refractivity contribution in [3.8, 4) is 12.0 Å². The number of nitrogens with zero attached hydrogens (tertiary/aromatic N) is 6. The SMILES string of the molecule is COc1ncnc(Nc2ccc(/C=C/c3ccc(Nc4ncnc(OC)n4)cc3S(=O)(=O)O)c(S(=O)(=O)O)c2)n1. The first kappa shape index (κ1) is 28.2. The van der Waals surface area contributed by atoms with Crippen molar-refractivity contribution in [1.29, 1.82) is 0 Å². The number of rotatable bonds is 10. The zero-order valence-electron chi connectivity index (χ0n) is 20.6. The second-order valence-corrected chi connectivity index (χ2v) is 10.4. The van der Waals surface area contributed by atoms with Crippen LogP contribution in [0.25, 0.3) is 12.2 Å². The van der Waals surface area contributed by atoms with Crippen LogP contribution in [0.5, 0.6) is 12.0 Å². The molecule has 0 bridgehead atoms. The Morgan fingerprint density at radius 3 is 1.43 bits per heavy atom. The average Bonchev–Trinajstić information content (AvgIpc) is 2.92. The Morgan fingerprint density at radius 1 is 0.675 bits per heavy atom. The normalized spacial score (nSPS) is 11.8. The second kappa shape index (κ2) is 11.5. The lowest BCUT2D eigenvalue weighted by atomic mass is 10.1. The maximum atomic E-state index is 12.1. The van der Waals surface area contributed by atoms with Gasteiger partial charge in [-0.25, -0.2) is 9.97 Å². The molecule has 0 saturated carbocycles. The summed E-state index contributed by atoms with van der Waals surface area (Å²) in [4.78, 5) is 22.3. The summed E-state index contributed by atoms with van der Waals surface area (Å²) in [5.74, 6) is 0.108. The number of benzene rings is 2. The predicted molar refractivity (Wildman–Crippen MR) is 141 cm³/mol. The summed E-state index contributed by atoms with van der Waals surface area (Å²) < 4.78 is 78.0. The number of nitrogens with one attached hydrogen (secondary N) is 2. The summed E-state index contributed by atoms with van der Waals surface area (Å²) in [5.41, 5.74) is 0.452. The third-order valence-electron chi connectivity index (χ3n) is 5.00. The van der Waals surface area contributed by atoms with Gasteiger partial charge in [-0.2, -0.15) is 36.8 Å². The molecule has 0 aliphatic rings. The lowest BCUT2D eigenvalue weighted by Gasteiger charge is -2.10. The summed E-state index contributed by atoms with van der Waals surface area (Å²) in [6, 6.07) is 7.98. The molecule has 0 fully saturated rings. The van der Waals surface area contributed by atoms with Crippen LogP contribution < -0.4 is 20.1 Å². The van der Waals surface area contributed by atoms with E-state index in [0.29, 0.717) is 0 Å². The van der Waals surface area contributed by atoms with Crippen LogP contribution in [0.2, 0.25) is 0 Å². The molecule has 4 aromatic rings. The van der Waals surface area contributed by atoms with Gasteiger partial charge in [0.2, 0.25) is 11.9 Å². The molecule has 0 saturated heterocycles. The van der Waals surface area contributed by atoms with Crippen LogP contribution in [0.1, 0.15) is 11.1 Å². The molecule has 0 aliphatic heterocycles. The van der Waals surface area contributed by atoms with Crippen LogP contribution in [-0.2, 0) is 20.2 Å². The number of ether oxygens (including phenoxy) is 2. The van der Waals surface area contributed by atoms with Crippen molar-refractivity contribution in [3.63, 3.8) is 0 Å². The van der Waals surface area contributed by atoms with Crippen molar-refractivity contribution in [2.24, 2.45) is 0 Å². The molecule has 4 rings (SSSR count). The van der Waals surface area contributed by atoms with Crippen LogP contribution in [-0.4, -0.2) is 70.1 Å². The quantitative estimate of drug-likeness (QED) is 0.154. The fourth-order valence-corrected chi connectivity index (χ4v) is 4.68. The van der Waals surface area contributed by atoms with Gasteiger partial charge in [-0.1, -0.05) is 24.3 Å². The maximum Gasteiger partial charge on any atom is 0.320 e. The average molecular weight is 589 g/mol. The van der Waals surface area contributed by atoms with Gasteiger partial charge in [0.15, 0.2) is 0 Å². The summed E-state index contributed by atoms with van der Waals surface area (Å²) in [6.45, 7) is 0. The molecule has 40 heavy (non-hydrogen) atoms. The number of hydrogen-bond donors (Lipinski definition) is 4. The van der Waals surface area contributed by atoms with E-state index in [0.717, 1.165) is 12.1 Å². The molecule has 0 unspecified atom stereocenters. The molecule has 16 nitrogen and oxygen atoms in total. The van der Waals surface area contributed by atoms with Gasteiger partial charge in [-0.15, -0.1) is 0 Å². The minimum atomic E-state index is -4.73. The Balaban J connectivity index is 1.67. The zero-order chi connectivity index (χ0) is 28.9. The fraction of sp³-hybridized carbons (Fsp3) is 0.0909. The van der Waals surface area contributed by atoms with Crippen LogP contribution in [0.15, 0.2) is 58.8 Å². The summed E-state index contributed by atoms with van der Waals surface area (Å²) in [7, 11) is -6.73. The van der Waals surface area contributed by atoms with Crippen molar-refractivity contribution in [2.75, 3.05) is 24.9 Å². The Morgan fingerprint density at radius 2 is 1.07 bits per heavy atom. The van der Waals surface area contributed by atoms with Gasteiger partial charge in [0.05, 0.1) is 14.2 Å². The van der Waals surface area contributed by atoms with E-state index in [4.69, 9.17) is 9.47 Å². The number of methoxy groups -OCH3 is 2. The van der Waals surface area contributed by atoms with Gasteiger partial charge in [-0.3, -0.25) is 9.11 Å². The molecule has 4 N–H and O–H groups in total. The van der Waals surface area contributed by atoms with Crippen LogP contribution in [0, 0.1) is 0 Å². The van der Waals surface area contributed by atoms with E-state index in [1.54, 1.807) is 0 Å². The molecular formula is C22H20N8O8S2. The molecule has 2 aromatic heterocycles. The van der Waals surface area contributed by atoms with Crippen molar-refractivity contribution in [2.45, 2.75) is 9.79 Å². The second-order valence-electron chi connectivity index (χ2n) is 7.63. The molecule has 18 heteroatoms. The Hall–Kier alpha value is -4.78. The molecular weight excluding hydrogens is 568 g/mol. The van der Waals surface area contributed by atoms with Gasteiger partial charge >= 0.3 is 12.0 Å². The maximum absolute atomic E-state index is 12.1. The highest BCUT2D eigenvalue weighted by Crippen LogP contribution is 2.27. The standard InChI is InChI=1S/C22H20N8O8S2/c1-37-21-25-11-23-19(29-21)27-15-7-5-13(17(9-15)39(31,32)33)3-4-14-6-8-16(10-18(14)40(34,35)36)28-20-24-12-26-22(30-20)38-2/h3-12H,1-2H3,(H,31,32,33)(H,34,35,36)(H,23,25,27,29)(H,24,26,28,30)/b4-3+. The van der Waals surface area contributed by atoms with Crippen molar-refractivity contribution < 1.29 is 35.4 Å². The summed E-state index contributed by atoms with van der Waals surface area (Å²) >= 11 is 0. The number of hydrogen-bond acceptors (Lipinski definition) is 14. The minimum Gasteiger partial charge on any atom is -0.467 e. The molecule has 0 amide bonds. The Labute approximate surface area is 227 Å². The first-order chi connectivity index (χ1) is 19.0. The van der Waals surface area contributed by atoms with E-state index < -0.39 is 30.0 Å². The predicted octanol–water partition coefficient (Wildman–Crippen LogP) is 2.22. The van der Waals surface area contributed by atoms with Gasteiger partial charge in [0.1, 0.15) is 22.4 Å². The van der Waals surface area contributed by atoms with Crippen molar-refractivity contribution in [1.82, 2.24) is 29.9 Å². The number of anilines is 4. The van der Waals surface area contributed by atoms with Gasteiger partial charge in [0.25, 0.3) is 20.2 Å². The summed E-state index contributed by atoms with van der Waals surface area (Å²) in [6.07, 6.45) is 4.88. The highest BCUT2D eigenvalue weighted by molar-refractivity contribution is 7.86. The number of aromatic nitrogens is 6. The van der Waals surface area contributed by atoms with Crippen LogP contribution >= 0.6 is 0 Å². The van der Waals surface area contributed by atoms with Gasteiger partial charge < -0.3 is 20.1 Å². The fourth-order valence-electron chi connectivity index (χ4n) is 3.26. The minimum absolute atomic E-state index is 0.0158. The van der Waals surface area contributed by atoms with E-state index in [-0.39, 0.29) is 46.4 Å². The Kier molecular flexibility index (Phi) is 8.14. The van der Waals surface area contributed by atoms with Gasteiger partial charge in [-0.05, 0) is 35.4 Å². The highest BCUT2D eigenvalue weighted by Gasteiger charge is 2.18. The molecule has 2 heterocycles. The van der Waals surface area contributed by atoms with E-state index in [1.807, 2.05) is 0 Å². The lowest BCUT2D eigenvalue weighted by Crippen LogP contribution is -2.05. The third kappa shape index (κ3) is 6.99. The van der Waals surface area contributed by atoms with E-state index in [1.165, 1.54) is 63.3 Å². The van der Waals surface area contributed by atoms with Crippen LogP contribution in [0.3, 0.4) is 0 Å². The smallest absolute Gasteiger partial charge is 0.320 e. The van der Waals surface area contributed by atoms with E-state index in [2.05, 4.69) is 40.5 Å². The molecule has 0 spiro atoms. The highest BCUT2D eigenvalue weighted by atomic mass is 32.2. The zero-order valence-corrected chi connectivity index (χ0v) is 22.3. The third-order valence-corrected chi connectivity index (χ3v) is 6.82. The molecule has 0 aliphatic carbocycles. The molecule has 0 radical (unpaired) electrons. The topological polar surface area (TPSA) is 229 Å². The molecule has 2 aromatic carbocycles. The Bertz CT molecular complexity index is 1670.